The number of aryl methyl sites for hydroxylation is 2. The SMILES string of the molecule is CCCCCc1nc(CCCC)nn1Cc1ccc(-c2ccccc2C(=O)O)cc1. The van der Waals surface area contributed by atoms with E-state index in [2.05, 4.69) is 26.0 Å². The maximum absolute atomic E-state index is 11.5. The minimum absolute atomic E-state index is 0.320. The summed E-state index contributed by atoms with van der Waals surface area (Å²) in [6.45, 7) is 5.08. The van der Waals surface area contributed by atoms with Gasteiger partial charge in [0.15, 0.2) is 5.82 Å². The average molecular weight is 406 g/mol. The van der Waals surface area contributed by atoms with E-state index in [1.54, 1.807) is 12.1 Å². The minimum atomic E-state index is -0.909. The van der Waals surface area contributed by atoms with Crippen molar-refractivity contribution in [1.29, 1.82) is 0 Å². The van der Waals surface area contributed by atoms with Crippen LogP contribution in [-0.2, 0) is 19.4 Å². The molecule has 0 amide bonds. The zero-order chi connectivity index (χ0) is 21.3. The van der Waals surface area contributed by atoms with Gasteiger partial charge < -0.3 is 5.11 Å². The molecule has 3 aromatic rings. The molecule has 1 heterocycles. The fourth-order valence-electron chi connectivity index (χ4n) is 3.60. The van der Waals surface area contributed by atoms with Crippen LogP contribution in [0.4, 0.5) is 0 Å². The summed E-state index contributed by atoms with van der Waals surface area (Å²) in [7, 11) is 0. The molecule has 0 aliphatic heterocycles. The Kier molecular flexibility index (Phi) is 7.77. The van der Waals surface area contributed by atoms with Crippen molar-refractivity contribution in [2.45, 2.75) is 65.3 Å². The van der Waals surface area contributed by atoms with Gasteiger partial charge in [-0.25, -0.2) is 14.5 Å². The lowest BCUT2D eigenvalue weighted by molar-refractivity contribution is 0.0697. The Hall–Kier alpha value is -2.95. The van der Waals surface area contributed by atoms with Crippen LogP contribution in [0.5, 0.6) is 0 Å². The van der Waals surface area contributed by atoms with Crippen LogP contribution in [0.25, 0.3) is 11.1 Å². The Balaban J connectivity index is 1.79. The van der Waals surface area contributed by atoms with E-state index in [1.807, 2.05) is 28.9 Å². The van der Waals surface area contributed by atoms with Crippen LogP contribution in [0.3, 0.4) is 0 Å². The van der Waals surface area contributed by atoms with Crippen molar-refractivity contribution in [1.82, 2.24) is 14.8 Å². The third-order valence-electron chi connectivity index (χ3n) is 5.30. The summed E-state index contributed by atoms with van der Waals surface area (Å²) in [6.07, 6.45) is 7.65. The maximum Gasteiger partial charge on any atom is 0.336 e. The molecule has 0 saturated carbocycles. The normalized spacial score (nSPS) is 11.0. The van der Waals surface area contributed by atoms with E-state index in [4.69, 9.17) is 10.1 Å². The van der Waals surface area contributed by atoms with Crippen molar-refractivity contribution in [2.75, 3.05) is 0 Å². The first-order valence-electron chi connectivity index (χ1n) is 11.0. The van der Waals surface area contributed by atoms with Crippen molar-refractivity contribution in [3.05, 3.63) is 71.3 Å². The Labute approximate surface area is 178 Å². The number of unbranched alkanes of at least 4 members (excludes halogenated alkanes) is 3. The number of aromatic nitrogens is 3. The molecule has 0 unspecified atom stereocenters. The maximum atomic E-state index is 11.5. The van der Waals surface area contributed by atoms with Gasteiger partial charge in [0.25, 0.3) is 0 Å². The van der Waals surface area contributed by atoms with E-state index in [0.717, 1.165) is 60.4 Å². The summed E-state index contributed by atoms with van der Waals surface area (Å²) in [4.78, 5) is 16.3. The van der Waals surface area contributed by atoms with Crippen molar-refractivity contribution < 1.29 is 9.90 Å². The molecule has 0 aliphatic rings. The van der Waals surface area contributed by atoms with E-state index in [9.17, 15) is 9.90 Å². The molecular weight excluding hydrogens is 374 g/mol. The standard InChI is InChI=1S/C25H31N3O2/c1-3-5-7-13-24-26-23(12-6-4-2)27-28(24)18-19-14-16-20(17-15-19)21-10-8-9-11-22(21)25(29)30/h8-11,14-17H,3-7,12-13,18H2,1-2H3,(H,29,30). The third-order valence-corrected chi connectivity index (χ3v) is 5.30. The number of carbonyl (C=O) groups is 1. The van der Waals surface area contributed by atoms with E-state index in [0.29, 0.717) is 12.1 Å². The predicted molar refractivity (Wildman–Crippen MR) is 120 cm³/mol. The molecule has 30 heavy (non-hydrogen) atoms. The van der Waals surface area contributed by atoms with Crippen LogP contribution in [-0.4, -0.2) is 25.8 Å². The van der Waals surface area contributed by atoms with Gasteiger partial charge in [-0.3, -0.25) is 0 Å². The van der Waals surface area contributed by atoms with Crippen molar-refractivity contribution >= 4 is 5.97 Å². The number of hydrogen-bond acceptors (Lipinski definition) is 3. The van der Waals surface area contributed by atoms with Crippen LogP contribution >= 0.6 is 0 Å². The van der Waals surface area contributed by atoms with Gasteiger partial charge in [0.05, 0.1) is 12.1 Å². The largest absolute Gasteiger partial charge is 0.478 e. The van der Waals surface area contributed by atoms with E-state index >= 15 is 0 Å². The molecule has 0 spiro atoms. The minimum Gasteiger partial charge on any atom is -0.478 e. The van der Waals surface area contributed by atoms with Crippen LogP contribution in [0.2, 0.25) is 0 Å². The van der Waals surface area contributed by atoms with E-state index in [1.165, 1.54) is 12.8 Å². The highest BCUT2D eigenvalue weighted by atomic mass is 16.4. The molecule has 0 aliphatic carbocycles. The van der Waals surface area contributed by atoms with Crippen LogP contribution in [0.1, 0.15) is 73.5 Å². The summed E-state index contributed by atoms with van der Waals surface area (Å²) >= 11 is 0. The first kappa shape index (κ1) is 21.8. The second-order valence-corrected chi connectivity index (χ2v) is 7.71. The molecule has 2 aromatic carbocycles. The molecule has 0 bridgehead atoms. The first-order chi connectivity index (χ1) is 14.6. The van der Waals surface area contributed by atoms with Gasteiger partial charge in [-0.05, 0) is 35.6 Å². The zero-order valence-corrected chi connectivity index (χ0v) is 18.0. The van der Waals surface area contributed by atoms with E-state index in [-0.39, 0.29) is 0 Å². The summed E-state index contributed by atoms with van der Waals surface area (Å²) in [6, 6.07) is 15.2. The molecule has 158 valence electrons. The summed E-state index contributed by atoms with van der Waals surface area (Å²) in [5, 5.41) is 14.2. The van der Waals surface area contributed by atoms with Gasteiger partial charge in [0.1, 0.15) is 5.82 Å². The molecular formula is C25H31N3O2. The lowest BCUT2D eigenvalue weighted by Crippen LogP contribution is -2.07. The highest BCUT2D eigenvalue weighted by molar-refractivity contribution is 5.95. The zero-order valence-electron chi connectivity index (χ0n) is 18.0. The molecule has 0 saturated heterocycles. The number of carboxylic acids is 1. The first-order valence-corrected chi connectivity index (χ1v) is 11.0. The lowest BCUT2D eigenvalue weighted by atomic mass is 9.99. The molecule has 5 nitrogen and oxygen atoms in total. The average Bonchev–Trinajstić information content (AvgIpc) is 3.14. The number of rotatable bonds is 11. The van der Waals surface area contributed by atoms with Gasteiger partial charge in [0, 0.05) is 12.8 Å². The van der Waals surface area contributed by atoms with Crippen LogP contribution in [0.15, 0.2) is 48.5 Å². The molecule has 0 atom stereocenters. The Bertz CT molecular complexity index is 961. The van der Waals surface area contributed by atoms with Gasteiger partial charge in [-0.1, -0.05) is 75.6 Å². The predicted octanol–water partition coefficient (Wildman–Crippen LogP) is 5.77. The summed E-state index contributed by atoms with van der Waals surface area (Å²) in [5.74, 6) is 1.10. The van der Waals surface area contributed by atoms with Crippen molar-refractivity contribution in [3.63, 3.8) is 0 Å². The second-order valence-electron chi connectivity index (χ2n) is 7.71. The monoisotopic (exact) mass is 405 g/mol. The number of carboxylic acid groups (broad SMARTS) is 1. The van der Waals surface area contributed by atoms with Gasteiger partial charge >= 0.3 is 5.97 Å². The molecule has 3 rings (SSSR count). The smallest absolute Gasteiger partial charge is 0.336 e. The second kappa shape index (κ2) is 10.7. The van der Waals surface area contributed by atoms with Crippen LogP contribution < -0.4 is 0 Å². The molecule has 1 aromatic heterocycles. The highest BCUT2D eigenvalue weighted by Gasteiger charge is 2.12. The topological polar surface area (TPSA) is 68.0 Å². The Morgan fingerprint density at radius 3 is 2.37 bits per heavy atom. The number of benzene rings is 2. The fraction of sp³-hybridized carbons (Fsp3) is 0.400. The molecule has 0 radical (unpaired) electrons. The van der Waals surface area contributed by atoms with Crippen molar-refractivity contribution in [2.24, 2.45) is 0 Å². The summed E-state index contributed by atoms with van der Waals surface area (Å²) in [5.41, 5.74) is 3.09. The van der Waals surface area contributed by atoms with Crippen LogP contribution in [0, 0.1) is 0 Å². The summed E-state index contributed by atoms with van der Waals surface area (Å²) < 4.78 is 2.04. The number of nitrogens with zero attached hydrogens (tertiary/aromatic N) is 3. The quantitative estimate of drug-likeness (QED) is 0.411. The van der Waals surface area contributed by atoms with Crippen molar-refractivity contribution in [3.8, 4) is 11.1 Å². The van der Waals surface area contributed by atoms with Gasteiger partial charge in [0.2, 0.25) is 0 Å². The third kappa shape index (κ3) is 5.56. The van der Waals surface area contributed by atoms with E-state index < -0.39 is 5.97 Å². The number of aromatic carboxylic acids is 1. The highest BCUT2D eigenvalue weighted by Crippen LogP contribution is 2.24. The Morgan fingerprint density at radius 1 is 0.933 bits per heavy atom. The fourth-order valence-corrected chi connectivity index (χ4v) is 3.60. The van der Waals surface area contributed by atoms with Gasteiger partial charge in [-0.15, -0.1) is 0 Å². The molecule has 5 heteroatoms. The Morgan fingerprint density at radius 2 is 1.67 bits per heavy atom. The van der Waals surface area contributed by atoms with Gasteiger partial charge in [-0.2, -0.15) is 5.10 Å². The molecule has 1 N–H and O–H groups in total. The number of hydrogen-bond donors (Lipinski definition) is 1. The molecule has 0 fully saturated rings. The lowest BCUT2D eigenvalue weighted by Gasteiger charge is -2.09.